The molecular formula is C15H13ClFNO2. The highest BCUT2D eigenvalue weighted by atomic mass is 35.5. The minimum absolute atomic E-state index is 0.0446. The highest BCUT2D eigenvalue weighted by molar-refractivity contribution is 6.30. The normalized spacial score (nSPS) is 25.2. The molecular weight excluding hydrogens is 281 g/mol. The molecule has 3 nitrogen and oxygen atoms in total. The zero-order valence-corrected chi connectivity index (χ0v) is 11.4. The molecule has 104 valence electrons. The van der Waals surface area contributed by atoms with Gasteiger partial charge in [-0.3, -0.25) is 14.5 Å². The second kappa shape index (κ2) is 5.02. The summed E-state index contributed by atoms with van der Waals surface area (Å²) in [5.41, 5.74) is 0.269. The molecule has 2 atom stereocenters. The molecule has 0 aromatic heterocycles. The van der Waals surface area contributed by atoms with E-state index in [1.807, 2.05) is 12.2 Å². The summed E-state index contributed by atoms with van der Waals surface area (Å²) in [6.07, 6.45) is 5.03. The monoisotopic (exact) mass is 293 g/mol. The Morgan fingerprint density at radius 3 is 2.35 bits per heavy atom. The van der Waals surface area contributed by atoms with Crippen LogP contribution in [-0.4, -0.2) is 16.7 Å². The molecule has 1 aliphatic carbocycles. The lowest BCUT2D eigenvalue weighted by Gasteiger charge is -2.15. The van der Waals surface area contributed by atoms with E-state index >= 15 is 0 Å². The number of carbonyl (C=O) groups is 2. The Bertz CT molecular complexity index is 588. The summed E-state index contributed by atoms with van der Waals surface area (Å²) in [7, 11) is 0. The summed E-state index contributed by atoms with van der Waals surface area (Å²) in [6, 6.07) is 4.15. The molecule has 0 radical (unpaired) electrons. The SMILES string of the molecule is O=C1[C@@H]2CC=CC[C@H]2C(=O)N1Cc1cc(Cl)ccc1F. The molecule has 1 heterocycles. The summed E-state index contributed by atoms with van der Waals surface area (Å²) in [5, 5.41) is 0.388. The first-order chi connectivity index (χ1) is 9.58. The summed E-state index contributed by atoms with van der Waals surface area (Å²) < 4.78 is 13.7. The van der Waals surface area contributed by atoms with Crippen LogP contribution < -0.4 is 0 Å². The molecule has 1 aromatic rings. The van der Waals surface area contributed by atoms with E-state index in [9.17, 15) is 14.0 Å². The maximum atomic E-state index is 13.7. The van der Waals surface area contributed by atoms with Crippen LogP contribution in [0.5, 0.6) is 0 Å². The first kappa shape index (κ1) is 13.3. The van der Waals surface area contributed by atoms with Crippen LogP contribution in [0.3, 0.4) is 0 Å². The van der Waals surface area contributed by atoms with Gasteiger partial charge in [-0.05, 0) is 31.0 Å². The number of benzene rings is 1. The summed E-state index contributed by atoms with van der Waals surface area (Å²) >= 11 is 5.83. The van der Waals surface area contributed by atoms with Gasteiger partial charge in [0.2, 0.25) is 11.8 Å². The lowest BCUT2D eigenvalue weighted by atomic mass is 9.85. The number of imide groups is 1. The van der Waals surface area contributed by atoms with Crippen LogP contribution in [0.15, 0.2) is 30.4 Å². The molecule has 0 N–H and O–H groups in total. The lowest BCUT2D eigenvalue weighted by Crippen LogP contribution is -2.30. The summed E-state index contributed by atoms with van der Waals surface area (Å²) in [6.45, 7) is -0.0446. The van der Waals surface area contributed by atoms with Crippen molar-refractivity contribution in [2.24, 2.45) is 11.8 Å². The topological polar surface area (TPSA) is 37.4 Å². The van der Waals surface area contributed by atoms with Gasteiger partial charge in [-0.1, -0.05) is 23.8 Å². The molecule has 1 aromatic carbocycles. The zero-order valence-electron chi connectivity index (χ0n) is 10.7. The minimum Gasteiger partial charge on any atom is -0.277 e. The van der Waals surface area contributed by atoms with Gasteiger partial charge in [0.1, 0.15) is 5.82 Å². The lowest BCUT2D eigenvalue weighted by molar-refractivity contribution is -0.140. The average molecular weight is 294 g/mol. The van der Waals surface area contributed by atoms with Crippen molar-refractivity contribution in [1.29, 1.82) is 0 Å². The van der Waals surface area contributed by atoms with E-state index < -0.39 is 5.82 Å². The number of hydrogen-bond acceptors (Lipinski definition) is 2. The van der Waals surface area contributed by atoms with Crippen LogP contribution in [0.2, 0.25) is 5.02 Å². The molecule has 0 saturated carbocycles. The predicted molar refractivity (Wildman–Crippen MR) is 72.3 cm³/mol. The molecule has 5 heteroatoms. The third-order valence-electron chi connectivity index (χ3n) is 3.94. The highest BCUT2D eigenvalue weighted by Gasteiger charge is 2.47. The zero-order chi connectivity index (χ0) is 14.3. The van der Waals surface area contributed by atoms with Crippen molar-refractivity contribution < 1.29 is 14.0 Å². The standard InChI is InChI=1S/C15H13ClFNO2/c16-10-5-6-13(17)9(7-10)8-18-14(19)11-3-1-2-4-12(11)15(18)20/h1-2,5-7,11-12H,3-4,8H2/t11-,12-/m1/s1. The molecule has 2 amide bonds. The van der Waals surface area contributed by atoms with Crippen molar-refractivity contribution in [1.82, 2.24) is 4.90 Å². The van der Waals surface area contributed by atoms with E-state index in [0.29, 0.717) is 17.9 Å². The van der Waals surface area contributed by atoms with E-state index in [1.54, 1.807) is 0 Å². The molecule has 1 fully saturated rings. The summed E-state index contributed by atoms with van der Waals surface area (Å²) in [5.74, 6) is -1.43. The Labute approximate surface area is 121 Å². The van der Waals surface area contributed by atoms with Crippen molar-refractivity contribution in [3.63, 3.8) is 0 Å². The number of fused-ring (bicyclic) bond motifs is 1. The van der Waals surface area contributed by atoms with E-state index in [-0.39, 0.29) is 35.8 Å². The number of hydrogen-bond donors (Lipinski definition) is 0. The van der Waals surface area contributed by atoms with Gasteiger partial charge in [-0.25, -0.2) is 4.39 Å². The second-order valence-corrected chi connectivity index (χ2v) is 5.59. The van der Waals surface area contributed by atoms with Crippen molar-refractivity contribution in [3.05, 3.63) is 46.8 Å². The van der Waals surface area contributed by atoms with Crippen LogP contribution in [0.25, 0.3) is 0 Å². The Morgan fingerprint density at radius 1 is 1.15 bits per heavy atom. The number of likely N-dealkylation sites (tertiary alicyclic amines) is 1. The van der Waals surface area contributed by atoms with Gasteiger partial charge < -0.3 is 0 Å². The number of allylic oxidation sites excluding steroid dienone is 2. The molecule has 0 spiro atoms. The molecule has 1 saturated heterocycles. The third kappa shape index (κ3) is 2.14. The van der Waals surface area contributed by atoms with Crippen molar-refractivity contribution in [2.75, 3.05) is 0 Å². The minimum atomic E-state index is -0.456. The van der Waals surface area contributed by atoms with Gasteiger partial charge in [0.15, 0.2) is 0 Å². The fourth-order valence-electron chi connectivity index (χ4n) is 2.86. The number of nitrogens with zero attached hydrogens (tertiary/aromatic N) is 1. The molecule has 0 bridgehead atoms. The van der Waals surface area contributed by atoms with Gasteiger partial charge in [-0.2, -0.15) is 0 Å². The van der Waals surface area contributed by atoms with E-state index in [4.69, 9.17) is 11.6 Å². The highest BCUT2D eigenvalue weighted by Crippen LogP contribution is 2.36. The van der Waals surface area contributed by atoms with Crippen molar-refractivity contribution in [2.45, 2.75) is 19.4 Å². The maximum absolute atomic E-state index is 13.7. The quantitative estimate of drug-likeness (QED) is 0.621. The Hall–Kier alpha value is -1.68. The Balaban J connectivity index is 1.86. The number of amides is 2. The van der Waals surface area contributed by atoms with Gasteiger partial charge in [0.05, 0.1) is 18.4 Å². The molecule has 0 unspecified atom stereocenters. The van der Waals surface area contributed by atoms with E-state index in [2.05, 4.69) is 0 Å². The van der Waals surface area contributed by atoms with Gasteiger partial charge in [0, 0.05) is 10.6 Å². The van der Waals surface area contributed by atoms with Crippen LogP contribution in [0, 0.1) is 17.7 Å². The second-order valence-electron chi connectivity index (χ2n) is 5.15. The van der Waals surface area contributed by atoms with Crippen LogP contribution in [-0.2, 0) is 16.1 Å². The van der Waals surface area contributed by atoms with Gasteiger partial charge >= 0.3 is 0 Å². The van der Waals surface area contributed by atoms with Gasteiger partial charge in [-0.15, -0.1) is 0 Å². The van der Waals surface area contributed by atoms with Crippen molar-refractivity contribution in [3.8, 4) is 0 Å². The van der Waals surface area contributed by atoms with E-state index in [0.717, 1.165) is 4.90 Å². The number of halogens is 2. The number of rotatable bonds is 2. The van der Waals surface area contributed by atoms with Crippen LogP contribution in [0.4, 0.5) is 4.39 Å². The van der Waals surface area contributed by atoms with Crippen LogP contribution >= 0.6 is 11.6 Å². The predicted octanol–water partition coefficient (Wildman–Crippen LogP) is 2.93. The molecule has 2 aliphatic rings. The smallest absolute Gasteiger partial charge is 0.233 e. The molecule has 3 rings (SSSR count). The van der Waals surface area contributed by atoms with Crippen molar-refractivity contribution >= 4 is 23.4 Å². The van der Waals surface area contributed by atoms with Crippen LogP contribution in [0.1, 0.15) is 18.4 Å². The first-order valence-electron chi connectivity index (χ1n) is 6.52. The van der Waals surface area contributed by atoms with E-state index in [1.165, 1.54) is 18.2 Å². The average Bonchev–Trinajstić information content (AvgIpc) is 2.68. The largest absolute Gasteiger partial charge is 0.277 e. The fraction of sp³-hybridized carbons (Fsp3) is 0.333. The van der Waals surface area contributed by atoms with Gasteiger partial charge in [0.25, 0.3) is 0 Å². The number of carbonyl (C=O) groups excluding carboxylic acids is 2. The summed E-state index contributed by atoms with van der Waals surface area (Å²) in [4.78, 5) is 25.7. The maximum Gasteiger partial charge on any atom is 0.233 e. The third-order valence-corrected chi connectivity index (χ3v) is 4.17. The first-order valence-corrected chi connectivity index (χ1v) is 6.90. The Kier molecular flexibility index (Phi) is 3.34. The fourth-order valence-corrected chi connectivity index (χ4v) is 3.05. The molecule has 20 heavy (non-hydrogen) atoms. The molecule has 1 aliphatic heterocycles. The Morgan fingerprint density at radius 2 is 1.75 bits per heavy atom.